The summed E-state index contributed by atoms with van der Waals surface area (Å²) in [6.45, 7) is 8.29. The van der Waals surface area contributed by atoms with Crippen molar-refractivity contribution in [2.75, 3.05) is 26.4 Å². The second kappa shape index (κ2) is 9.34. The van der Waals surface area contributed by atoms with Gasteiger partial charge in [0.25, 0.3) is 0 Å². The summed E-state index contributed by atoms with van der Waals surface area (Å²) >= 11 is 0. The van der Waals surface area contributed by atoms with Gasteiger partial charge in [-0.3, -0.25) is 4.79 Å². The Morgan fingerprint density at radius 2 is 1.70 bits per heavy atom. The summed E-state index contributed by atoms with van der Waals surface area (Å²) in [5, 5.41) is 0. The first-order valence-electron chi connectivity index (χ1n) is 6.77. The Hall–Kier alpha value is -1.83. The lowest BCUT2D eigenvalue weighted by atomic mass is 9.89. The molecule has 0 aliphatic carbocycles. The molecule has 0 amide bonds. The molecule has 0 rings (SSSR count). The average molecular weight is 338 g/mol. The molecule has 0 aliphatic heterocycles. The number of hydrogen-bond acceptors (Lipinski definition) is 5. The summed E-state index contributed by atoms with van der Waals surface area (Å²) < 4.78 is 52.1. The van der Waals surface area contributed by atoms with Gasteiger partial charge >= 0.3 is 18.1 Å². The Morgan fingerprint density at radius 3 is 2.22 bits per heavy atom. The predicted molar refractivity (Wildman–Crippen MR) is 76.5 cm³/mol. The second-order valence-electron chi connectivity index (χ2n) is 5.32. The molecule has 132 valence electrons. The van der Waals surface area contributed by atoms with E-state index in [1.807, 2.05) is 0 Å². The van der Waals surface area contributed by atoms with Crippen molar-refractivity contribution in [2.24, 2.45) is 5.41 Å². The van der Waals surface area contributed by atoms with Crippen LogP contribution >= 0.6 is 0 Å². The molecule has 0 N–H and O–H groups in total. The van der Waals surface area contributed by atoms with Crippen LogP contribution in [0.25, 0.3) is 0 Å². The van der Waals surface area contributed by atoms with Crippen molar-refractivity contribution in [1.29, 1.82) is 0 Å². The van der Waals surface area contributed by atoms with Crippen molar-refractivity contribution < 1.29 is 37.0 Å². The van der Waals surface area contributed by atoms with Crippen LogP contribution in [0.4, 0.5) is 13.2 Å². The minimum atomic E-state index is -4.51. The third kappa shape index (κ3) is 8.39. The first-order chi connectivity index (χ1) is 10.5. The van der Waals surface area contributed by atoms with Gasteiger partial charge in [0.1, 0.15) is 13.2 Å². The van der Waals surface area contributed by atoms with E-state index in [1.165, 1.54) is 6.08 Å². The lowest BCUT2D eigenvalue weighted by Crippen LogP contribution is -2.35. The van der Waals surface area contributed by atoms with Crippen molar-refractivity contribution in [3.63, 3.8) is 0 Å². The van der Waals surface area contributed by atoms with Crippen molar-refractivity contribution in [3.05, 3.63) is 24.8 Å². The lowest BCUT2D eigenvalue weighted by Gasteiger charge is -2.26. The molecule has 5 nitrogen and oxygen atoms in total. The number of esters is 2. The van der Waals surface area contributed by atoms with E-state index in [1.54, 1.807) is 0 Å². The molecule has 0 fully saturated rings. The molecule has 0 saturated carbocycles. The maximum Gasteiger partial charge on any atom is 0.394 e. The van der Waals surface area contributed by atoms with E-state index < -0.39 is 30.0 Å². The highest BCUT2D eigenvalue weighted by Gasteiger charge is 2.48. The van der Waals surface area contributed by atoms with Gasteiger partial charge in [0.05, 0.1) is 30.6 Å². The fourth-order valence-electron chi connectivity index (χ4n) is 1.23. The Bertz CT molecular complexity index is 441. The lowest BCUT2D eigenvalue weighted by molar-refractivity contribution is -0.217. The van der Waals surface area contributed by atoms with Crippen LogP contribution in [-0.4, -0.2) is 44.5 Å². The summed E-state index contributed by atoms with van der Waals surface area (Å²) in [6.07, 6.45) is -3.82. The fraction of sp³-hybridized carbons (Fsp3) is 0.600. The first kappa shape index (κ1) is 21.2. The molecule has 23 heavy (non-hydrogen) atoms. The van der Waals surface area contributed by atoms with Crippen LogP contribution in [0.15, 0.2) is 24.8 Å². The van der Waals surface area contributed by atoms with Gasteiger partial charge in [-0.15, -0.1) is 6.58 Å². The molecule has 0 bridgehead atoms. The summed E-state index contributed by atoms with van der Waals surface area (Å²) in [6, 6.07) is 0. The zero-order valence-electron chi connectivity index (χ0n) is 13.2. The molecule has 0 aromatic carbocycles. The molecule has 0 aromatic heterocycles. The minimum Gasteiger partial charge on any atom is -0.462 e. The number of carbonyl (C=O) groups excluding carboxylic acids is 2. The third-order valence-electron chi connectivity index (χ3n) is 2.73. The van der Waals surface area contributed by atoms with Gasteiger partial charge in [-0.25, -0.2) is 4.79 Å². The van der Waals surface area contributed by atoms with Gasteiger partial charge in [0.15, 0.2) is 0 Å². The van der Waals surface area contributed by atoms with Crippen LogP contribution in [0.2, 0.25) is 0 Å². The highest BCUT2D eigenvalue weighted by molar-refractivity contribution is 5.87. The molecule has 0 aliphatic rings. The van der Waals surface area contributed by atoms with Crippen molar-refractivity contribution >= 4 is 11.9 Å². The van der Waals surface area contributed by atoms with E-state index >= 15 is 0 Å². The number of carbonyl (C=O) groups is 2. The van der Waals surface area contributed by atoms with Gasteiger partial charge < -0.3 is 14.2 Å². The Kier molecular flexibility index (Phi) is 8.60. The van der Waals surface area contributed by atoms with E-state index in [2.05, 4.69) is 17.9 Å². The topological polar surface area (TPSA) is 61.8 Å². The van der Waals surface area contributed by atoms with Gasteiger partial charge in [-0.2, -0.15) is 13.2 Å². The molecule has 8 heteroatoms. The summed E-state index contributed by atoms with van der Waals surface area (Å²) in [5.74, 6) is -1.75. The van der Waals surface area contributed by atoms with Crippen LogP contribution in [0, 0.1) is 5.41 Å². The normalized spacial score (nSPS) is 11.7. The van der Waals surface area contributed by atoms with Gasteiger partial charge in [-0.1, -0.05) is 26.5 Å². The van der Waals surface area contributed by atoms with Gasteiger partial charge in [0, 0.05) is 0 Å². The van der Waals surface area contributed by atoms with Crippen molar-refractivity contribution in [3.8, 4) is 0 Å². The molecule has 0 unspecified atom stereocenters. The van der Waals surface area contributed by atoms with E-state index in [9.17, 15) is 22.8 Å². The summed E-state index contributed by atoms with van der Waals surface area (Å²) in [5.41, 5.74) is -2.12. The van der Waals surface area contributed by atoms with Crippen LogP contribution in [-0.2, 0) is 23.8 Å². The smallest absolute Gasteiger partial charge is 0.394 e. The number of ether oxygens (including phenoxy) is 3. The average Bonchev–Trinajstić information content (AvgIpc) is 2.41. The maximum atomic E-state index is 12.6. The van der Waals surface area contributed by atoms with Crippen LogP contribution in [0.1, 0.15) is 20.3 Å². The molecule has 0 aromatic rings. The molecular weight excluding hydrogens is 317 g/mol. The predicted octanol–water partition coefficient (Wildman–Crippen LogP) is 2.81. The Labute approximate surface area is 133 Å². The van der Waals surface area contributed by atoms with E-state index in [-0.39, 0.29) is 32.0 Å². The number of halogens is 3. The largest absolute Gasteiger partial charge is 0.462 e. The number of rotatable bonds is 10. The molecule has 0 spiro atoms. The van der Waals surface area contributed by atoms with Gasteiger partial charge in [-0.05, 0) is 0 Å². The highest BCUT2D eigenvalue weighted by Crippen LogP contribution is 2.40. The number of hydrogen-bond donors (Lipinski definition) is 0. The molecule has 0 radical (unpaired) electrons. The minimum absolute atomic E-state index is 0.0373. The molecule has 0 heterocycles. The monoisotopic (exact) mass is 338 g/mol. The summed E-state index contributed by atoms with van der Waals surface area (Å²) in [7, 11) is 0. The first-order valence-corrected chi connectivity index (χ1v) is 6.77. The van der Waals surface area contributed by atoms with Gasteiger partial charge in [0.2, 0.25) is 0 Å². The Morgan fingerprint density at radius 1 is 1.13 bits per heavy atom. The highest BCUT2D eigenvalue weighted by atomic mass is 19.4. The summed E-state index contributed by atoms with van der Waals surface area (Å²) in [4.78, 5) is 22.8. The van der Waals surface area contributed by atoms with Crippen LogP contribution in [0.3, 0.4) is 0 Å². The van der Waals surface area contributed by atoms with E-state index in [0.29, 0.717) is 0 Å². The maximum absolute atomic E-state index is 12.6. The molecule has 0 saturated heterocycles. The second-order valence-corrected chi connectivity index (χ2v) is 5.32. The fourth-order valence-corrected chi connectivity index (χ4v) is 1.23. The third-order valence-corrected chi connectivity index (χ3v) is 2.73. The van der Waals surface area contributed by atoms with Crippen LogP contribution in [0.5, 0.6) is 0 Å². The molecule has 0 atom stereocenters. The SMILES string of the molecule is C=CCOCC(=C)C(=O)OCCOC(=O)CC(C)(C)C(F)(F)F. The quantitative estimate of drug-likeness (QED) is 0.265. The molecular formula is C15H21F3O5. The zero-order valence-corrected chi connectivity index (χ0v) is 13.2. The van der Waals surface area contributed by atoms with E-state index in [0.717, 1.165) is 13.8 Å². The Balaban J connectivity index is 3.99. The van der Waals surface area contributed by atoms with E-state index in [4.69, 9.17) is 9.47 Å². The van der Waals surface area contributed by atoms with Crippen molar-refractivity contribution in [2.45, 2.75) is 26.4 Å². The number of alkyl halides is 3. The standard InChI is InChI=1S/C15H21F3O5/c1-5-6-21-10-11(2)13(20)23-8-7-22-12(19)9-14(3,4)15(16,17)18/h5H,1-2,6-10H2,3-4H3. The zero-order chi connectivity index (χ0) is 18.1. The van der Waals surface area contributed by atoms with Crippen LogP contribution < -0.4 is 0 Å². The van der Waals surface area contributed by atoms with Crippen molar-refractivity contribution in [1.82, 2.24) is 0 Å².